The number of carbonyl (C=O) groups is 1. The summed E-state index contributed by atoms with van der Waals surface area (Å²) < 4.78 is 15.8. The number of esters is 1. The summed E-state index contributed by atoms with van der Waals surface area (Å²) in [5, 5.41) is 0. The van der Waals surface area contributed by atoms with Crippen LogP contribution in [-0.2, 0) is 19.0 Å². The van der Waals surface area contributed by atoms with Crippen LogP contribution in [0.4, 0.5) is 0 Å². The zero-order valence-electron chi connectivity index (χ0n) is 11.3. The molecule has 5 heteroatoms. The van der Waals surface area contributed by atoms with E-state index >= 15 is 0 Å². The smallest absolute Gasteiger partial charge is 0.333 e. The second-order valence-electron chi connectivity index (χ2n) is 4.09. The Labute approximate surface area is 106 Å². The minimum absolute atomic E-state index is 0.0379. The number of unbranched alkanes of at least 4 members (excludes halogenated alkanes) is 1. The summed E-state index contributed by atoms with van der Waals surface area (Å²) in [5.41, 5.74) is 0.399. The topological polar surface area (TPSA) is 44.8 Å². The third kappa shape index (κ3) is 7.30. The van der Waals surface area contributed by atoms with E-state index in [1.807, 2.05) is 0 Å². The van der Waals surface area contributed by atoms with E-state index in [4.69, 9.17) is 14.2 Å². The lowest BCUT2D eigenvalue weighted by Gasteiger charge is -2.21. The summed E-state index contributed by atoms with van der Waals surface area (Å²) in [6.45, 7) is 7.36. The van der Waals surface area contributed by atoms with E-state index in [0.29, 0.717) is 5.57 Å². The molecule has 0 N–H and O–H groups in total. The van der Waals surface area contributed by atoms with Crippen LogP contribution in [0.1, 0.15) is 33.1 Å². The molecule has 0 aliphatic rings. The highest BCUT2D eigenvalue weighted by Crippen LogP contribution is 2.09. The van der Waals surface area contributed by atoms with Gasteiger partial charge in [-0.2, -0.15) is 0 Å². The molecule has 0 aromatic carbocycles. The summed E-state index contributed by atoms with van der Waals surface area (Å²) in [6.07, 6.45) is 3.01. The lowest BCUT2D eigenvalue weighted by atomic mass is 10.2. The van der Waals surface area contributed by atoms with Crippen molar-refractivity contribution in [2.45, 2.75) is 44.8 Å². The summed E-state index contributed by atoms with van der Waals surface area (Å²) in [4.78, 5) is 11.5. The van der Waals surface area contributed by atoms with E-state index in [1.165, 1.54) is 0 Å². The quantitative estimate of drug-likeness (QED) is 0.272. The van der Waals surface area contributed by atoms with Crippen molar-refractivity contribution >= 4 is 15.5 Å². The fourth-order valence-electron chi connectivity index (χ4n) is 1.41. The Morgan fingerprint density at radius 3 is 2.35 bits per heavy atom. The Morgan fingerprint density at radius 2 is 1.94 bits per heavy atom. The average molecular weight is 260 g/mol. The average Bonchev–Trinajstić information content (AvgIpc) is 2.32. The van der Waals surface area contributed by atoms with E-state index in [-0.39, 0.29) is 17.6 Å². The molecule has 100 valence electrons. The number of methoxy groups -OCH3 is 2. The molecule has 0 spiro atoms. The minimum Gasteiger partial charge on any atom is -0.463 e. The highest BCUT2D eigenvalue weighted by Gasteiger charge is 2.20. The Balaban J connectivity index is 4.30. The van der Waals surface area contributed by atoms with Crippen molar-refractivity contribution in [3.63, 3.8) is 0 Å². The van der Waals surface area contributed by atoms with Gasteiger partial charge in [-0.05, 0) is 13.3 Å². The highest BCUT2D eigenvalue weighted by molar-refractivity contribution is 6.38. The molecular formula is C12H24O4Si. The predicted molar refractivity (Wildman–Crippen MR) is 70.6 cm³/mol. The van der Waals surface area contributed by atoms with Crippen molar-refractivity contribution < 1.29 is 19.0 Å². The van der Waals surface area contributed by atoms with Crippen molar-refractivity contribution in [2.75, 3.05) is 14.2 Å². The third-order valence-corrected chi connectivity index (χ3v) is 4.64. The molecule has 0 aromatic heterocycles. The maximum atomic E-state index is 11.5. The van der Waals surface area contributed by atoms with E-state index in [2.05, 4.69) is 13.5 Å². The normalized spacial score (nSPS) is 13.2. The first kappa shape index (κ1) is 16.3. The van der Waals surface area contributed by atoms with Crippen LogP contribution in [0, 0.1) is 0 Å². The first-order chi connectivity index (χ1) is 8.04. The molecule has 1 unspecified atom stereocenters. The monoisotopic (exact) mass is 260 g/mol. The molecule has 0 bridgehead atoms. The van der Waals surface area contributed by atoms with Crippen LogP contribution in [0.2, 0.25) is 0 Å². The maximum Gasteiger partial charge on any atom is 0.333 e. The van der Waals surface area contributed by atoms with Crippen LogP contribution in [0.3, 0.4) is 0 Å². The van der Waals surface area contributed by atoms with Gasteiger partial charge in [0, 0.05) is 19.8 Å². The predicted octanol–water partition coefficient (Wildman–Crippen LogP) is 1.37. The molecule has 0 aromatic rings. The number of carbonyl (C=O) groups excluding carboxylic acids is 1. The van der Waals surface area contributed by atoms with Gasteiger partial charge >= 0.3 is 5.97 Å². The van der Waals surface area contributed by atoms with Crippen LogP contribution < -0.4 is 0 Å². The van der Waals surface area contributed by atoms with Gasteiger partial charge in [-0.15, -0.1) is 0 Å². The number of hydrogen-bond acceptors (Lipinski definition) is 4. The van der Waals surface area contributed by atoms with Gasteiger partial charge in [0.2, 0.25) is 0 Å². The van der Waals surface area contributed by atoms with Gasteiger partial charge in [-0.1, -0.05) is 26.3 Å². The Hall–Kier alpha value is -0.653. The van der Waals surface area contributed by atoms with Crippen molar-refractivity contribution in [1.29, 1.82) is 0 Å². The molecular weight excluding hydrogens is 236 g/mol. The van der Waals surface area contributed by atoms with E-state index in [0.717, 1.165) is 19.3 Å². The van der Waals surface area contributed by atoms with Crippen LogP contribution in [0.25, 0.3) is 0 Å². The number of hydrogen-bond donors (Lipinski definition) is 0. The lowest BCUT2D eigenvalue weighted by Crippen LogP contribution is -2.35. The Morgan fingerprint density at radius 1 is 1.35 bits per heavy atom. The van der Waals surface area contributed by atoms with Gasteiger partial charge in [-0.25, -0.2) is 4.79 Å². The molecule has 0 fully saturated rings. The third-order valence-electron chi connectivity index (χ3n) is 2.48. The zero-order valence-corrected chi connectivity index (χ0v) is 12.7. The molecule has 0 saturated heterocycles. The van der Waals surface area contributed by atoms with Gasteiger partial charge in [-0.3, -0.25) is 0 Å². The van der Waals surface area contributed by atoms with Crippen molar-refractivity contribution in [1.82, 2.24) is 0 Å². The van der Waals surface area contributed by atoms with Gasteiger partial charge in [0.15, 0.2) is 0 Å². The largest absolute Gasteiger partial charge is 0.463 e. The molecule has 1 atom stereocenters. The molecule has 0 aliphatic heterocycles. The Bertz CT molecular complexity index is 239. The number of rotatable bonds is 9. The summed E-state index contributed by atoms with van der Waals surface area (Å²) in [7, 11) is 2.44. The van der Waals surface area contributed by atoms with Crippen LogP contribution in [0.5, 0.6) is 0 Å². The molecule has 0 radical (unpaired) electrons. The van der Waals surface area contributed by atoms with Crippen LogP contribution >= 0.6 is 0 Å². The van der Waals surface area contributed by atoms with Crippen molar-refractivity contribution in [2.24, 2.45) is 0 Å². The molecule has 0 heterocycles. The van der Waals surface area contributed by atoms with E-state index < -0.39 is 9.52 Å². The molecule has 4 nitrogen and oxygen atoms in total. The van der Waals surface area contributed by atoms with Gasteiger partial charge < -0.3 is 14.2 Å². The zero-order chi connectivity index (χ0) is 13.3. The van der Waals surface area contributed by atoms with Crippen molar-refractivity contribution in [3.05, 3.63) is 12.2 Å². The van der Waals surface area contributed by atoms with Gasteiger partial charge in [0.1, 0.15) is 15.4 Å². The van der Waals surface area contributed by atoms with Crippen molar-refractivity contribution in [3.8, 4) is 0 Å². The number of ether oxygens (including phenoxy) is 3. The standard InChI is InChI=1S/C12H24O4Si/c1-6-7-8-10(16-11(13)9(2)3)17-12(14-4)15-5/h10,12H,2,6-8,17H2,1,3-5H3. The first-order valence-corrected chi connectivity index (χ1v) is 7.60. The maximum absolute atomic E-state index is 11.5. The minimum atomic E-state index is -0.784. The highest BCUT2D eigenvalue weighted by atomic mass is 28.2. The molecule has 0 rings (SSSR count). The first-order valence-electron chi connectivity index (χ1n) is 5.97. The lowest BCUT2D eigenvalue weighted by molar-refractivity contribution is -0.141. The van der Waals surface area contributed by atoms with Crippen LogP contribution in [0.15, 0.2) is 12.2 Å². The Kier molecular flexibility index (Phi) is 9.02. The van der Waals surface area contributed by atoms with E-state index in [9.17, 15) is 4.79 Å². The second kappa shape index (κ2) is 9.38. The van der Waals surface area contributed by atoms with Gasteiger partial charge in [0.05, 0.1) is 5.73 Å². The van der Waals surface area contributed by atoms with Crippen LogP contribution in [-0.4, -0.2) is 41.3 Å². The summed E-state index contributed by atoms with van der Waals surface area (Å²) in [5.74, 6) is -0.515. The fourth-order valence-corrected chi connectivity index (χ4v) is 3.00. The van der Waals surface area contributed by atoms with E-state index in [1.54, 1.807) is 21.1 Å². The molecule has 0 saturated carbocycles. The van der Waals surface area contributed by atoms with Gasteiger partial charge in [0.25, 0.3) is 0 Å². The molecule has 0 amide bonds. The summed E-state index contributed by atoms with van der Waals surface area (Å²) >= 11 is 0. The second-order valence-corrected chi connectivity index (χ2v) is 6.14. The molecule has 0 aliphatic carbocycles. The summed E-state index contributed by atoms with van der Waals surface area (Å²) in [6, 6.07) is 0. The molecule has 17 heavy (non-hydrogen) atoms. The fraction of sp³-hybridized carbons (Fsp3) is 0.750. The SMILES string of the molecule is C=C(C)C(=O)OC(CCCC)[SiH2]C(OC)OC.